The van der Waals surface area contributed by atoms with Crippen LogP contribution in [0, 0.1) is 34.0 Å². The average Bonchev–Trinajstić information content (AvgIpc) is 1.62. The maximum atomic E-state index is 12.7. The monoisotopic (exact) mass is 1680 g/mol. The standard InChI is InChI=1S/C33H38N6O3.C28H30N6O.C22H19BrN4.C12H21NO3/c1-22-16-37(28-10-7-23(15-34)30-27(28)6-5-11-35-30)18-29-26-9-8-25(14-24(26)17-39(22)29)38-20-33(21-38)19-36(12-13-41-33)31(40)42-32(2,3)4;1-19-13-32(25-7-4-20(12-29)27-24(25)3-2-8-31-27)15-26-23-6-5-22(11-21(23)14-34(19)26)33-17-28(18-33)16-30-9-10-35-28;1-14-11-26(13-21-18-6-5-17(23)9-16(18)12-27(14)21)20-7-4-15(10-24)22-19(20)3-2-8-25-22;1-11(2,3)16-10(14)13-7-8-15-12(9-13)5-4-6-12/h5-11,14,22,29H,12-13,16-21H2,1-4H3;2-8,11,19,26,30H,9-10,13-18H2,1H3;2-9,14,21H,11-13H2,1H3;4-9H2,1-3H3/t22-,29-;19-,26-;14-,21-;/m111./s1/i11D;2*8D;. The molecule has 0 unspecified atom stereocenters. The average molecular weight is 1680 g/mol. The summed E-state index contributed by atoms with van der Waals surface area (Å²) in [6.45, 7) is 36.2. The quantitative estimate of drug-likeness (QED) is 0.169. The molecule has 0 bridgehead atoms. The lowest BCUT2D eigenvalue weighted by molar-refractivity contribution is -0.148. The van der Waals surface area contributed by atoms with Gasteiger partial charge >= 0.3 is 12.2 Å². The number of halogens is 1. The number of carbonyl (C=O) groups is 2. The molecule has 2 amide bonds. The van der Waals surface area contributed by atoms with Crippen molar-refractivity contribution in [2.75, 3.05) is 149 Å². The van der Waals surface area contributed by atoms with Crippen molar-refractivity contribution in [1.29, 1.82) is 15.8 Å². The number of nitriles is 3. The van der Waals surface area contributed by atoms with Gasteiger partial charge in [-0.15, -0.1) is 0 Å². The van der Waals surface area contributed by atoms with Crippen molar-refractivity contribution < 1.29 is 37.4 Å². The summed E-state index contributed by atoms with van der Waals surface area (Å²) in [5.74, 6) is 0. The van der Waals surface area contributed by atoms with Crippen molar-refractivity contribution in [1.82, 2.24) is 44.8 Å². The van der Waals surface area contributed by atoms with Crippen LogP contribution in [0.1, 0.15) is 154 Å². The third-order valence-corrected chi connectivity index (χ3v) is 26.8. The first-order chi connectivity index (χ1) is 59.0. The van der Waals surface area contributed by atoms with Gasteiger partial charge in [-0.3, -0.25) is 29.7 Å². The Kier molecular flexibility index (Phi) is 20.8. The van der Waals surface area contributed by atoms with Crippen LogP contribution in [0.15, 0.2) is 150 Å². The number of anilines is 5. The van der Waals surface area contributed by atoms with Crippen molar-refractivity contribution in [3.63, 3.8) is 0 Å². The van der Waals surface area contributed by atoms with E-state index >= 15 is 0 Å². The summed E-state index contributed by atoms with van der Waals surface area (Å²) in [5.41, 5.74) is 16.2. The maximum absolute atomic E-state index is 12.7. The highest BCUT2D eigenvalue weighted by atomic mass is 79.9. The maximum Gasteiger partial charge on any atom is 0.410 e. The van der Waals surface area contributed by atoms with Crippen molar-refractivity contribution in [2.24, 2.45) is 0 Å². The summed E-state index contributed by atoms with van der Waals surface area (Å²) < 4.78 is 54.0. The van der Waals surface area contributed by atoms with Gasteiger partial charge in [0.05, 0.1) is 120 Å². The Hall–Kier alpha value is -10.2. The first-order valence-electron chi connectivity index (χ1n) is 44.1. The highest BCUT2D eigenvalue weighted by Gasteiger charge is 2.51. The molecule has 1 saturated carbocycles. The van der Waals surface area contributed by atoms with E-state index in [2.05, 4.69) is 175 Å². The Balaban J connectivity index is 0.000000117. The number of fused-ring (bicyclic) bond motifs is 12. The number of benzene rings is 6. The Morgan fingerprint density at radius 1 is 0.483 bits per heavy atom. The Bertz CT molecular complexity index is 5750. The predicted octanol–water partition coefficient (Wildman–Crippen LogP) is 14.6. The van der Waals surface area contributed by atoms with E-state index in [4.69, 9.17) is 27.8 Å². The van der Waals surface area contributed by atoms with Gasteiger partial charge in [-0.1, -0.05) is 34.1 Å². The number of pyridine rings is 3. The number of ether oxygens (including phenoxy) is 5. The number of morpholine rings is 3. The predicted molar refractivity (Wildman–Crippen MR) is 469 cm³/mol. The number of nitrogens with zero attached hydrogens (tertiary/aromatic N) is 16. The molecule has 1 aliphatic carbocycles. The first kappa shape index (κ1) is 77.1. The van der Waals surface area contributed by atoms with E-state index in [-0.39, 0.29) is 53.6 Å². The van der Waals surface area contributed by atoms with Crippen molar-refractivity contribution >= 4 is 89.3 Å². The molecule has 8 saturated heterocycles. The van der Waals surface area contributed by atoms with Crippen LogP contribution in [0.3, 0.4) is 0 Å². The highest BCUT2D eigenvalue weighted by Crippen LogP contribution is 2.48. The Morgan fingerprint density at radius 3 is 1.25 bits per heavy atom. The number of hydrogen-bond acceptors (Lipinski definition) is 22. The van der Waals surface area contributed by atoms with E-state index in [9.17, 15) is 25.4 Å². The number of piperazine rings is 3. The van der Waals surface area contributed by atoms with Gasteiger partial charge in [0.15, 0.2) is 0 Å². The molecule has 9 fully saturated rings. The summed E-state index contributed by atoms with van der Waals surface area (Å²) in [4.78, 5) is 61.1. The fourth-order valence-electron chi connectivity index (χ4n) is 20.4. The molecule has 0 radical (unpaired) electrons. The van der Waals surface area contributed by atoms with E-state index < -0.39 is 11.2 Å². The van der Waals surface area contributed by atoms with Gasteiger partial charge in [-0.2, -0.15) is 15.8 Å². The number of rotatable bonds is 5. The largest absolute Gasteiger partial charge is 0.444 e. The zero-order valence-corrected chi connectivity index (χ0v) is 71.7. The summed E-state index contributed by atoms with van der Waals surface area (Å²) in [5, 5.41) is 34.9. The smallest absolute Gasteiger partial charge is 0.410 e. The SMILES string of the molecule is CC(C)(C)OC(=O)N1CCOC2(CCC2)C1.[2H]c1ccc2c(N3C[C@@H](C)N4Cc5cc(Br)ccc5[C@H]4C3)ccc(C#N)c2n1.[2H]c1ccc2c(N3C[C@@H](C)N4Cc5cc(N6CC7(CN(C(=O)OC(C)(C)C)CCO7)C6)ccc5[C@H]4C3)ccc(C#N)c2n1.[2H]c1ccc2c(N3C[C@@H](C)N4Cc5cc(N6CC7(CNCCO7)C6)ccc5[C@H]4C3)ccc(C#N)c2n1. The normalized spacial score (nSPS) is 24.0. The molecule has 24 nitrogen and oxygen atoms in total. The van der Waals surface area contributed by atoms with E-state index in [0.717, 1.165) is 155 Å². The van der Waals surface area contributed by atoms with E-state index in [1.54, 1.807) is 28.0 Å². The second-order valence-corrected chi connectivity index (χ2v) is 37.7. The molecule has 25 heteroatoms. The molecule has 3 spiro atoms. The summed E-state index contributed by atoms with van der Waals surface area (Å²) >= 11 is 3.60. The molecule has 3 aromatic heterocycles. The van der Waals surface area contributed by atoms with E-state index in [0.29, 0.717) is 103 Å². The molecule has 622 valence electrons. The second-order valence-electron chi connectivity index (χ2n) is 36.8. The lowest BCUT2D eigenvalue weighted by atomic mass is 9.79. The molecule has 12 aliphatic rings. The molecule has 11 aliphatic heterocycles. The van der Waals surface area contributed by atoms with Crippen LogP contribution in [0.4, 0.5) is 38.0 Å². The van der Waals surface area contributed by atoms with Gasteiger partial charge in [0.1, 0.15) is 40.6 Å². The van der Waals surface area contributed by atoms with Crippen LogP contribution in [0.2, 0.25) is 0 Å². The molecule has 6 aromatic carbocycles. The third-order valence-electron chi connectivity index (χ3n) is 26.3. The summed E-state index contributed by atoms with van der Waals surface area (Å²) in [6, 6.07) is 51.8. The minimum Gasteiger partial charge on any atom is -0.444 e. The summed E-state index contributed by atoms with van der Waals surface area (Å²) in [7, 11) is 0. The zero-order valence-electron chi connectivity index (χ0n) is 73.2. The minimum atomic E-state index is -0.514. The van der Waals surface area contributed by atoms with Crippen LogP contribution in [-0.2, 0) is 43.3 Å². The van der Waals surface area contributed by atoms with Crippen LogP contribution in [0.25, 0.3) is 32.7 Å². The van der Waals surface area contributed by atoms with Gasteiger partial charge in [0.25, 0.3) is 0 Å². The topological polar surface area (TPSA) is 235 Å². The van der Waals surface area contributed by atoms with Crippen LogP contribution < -0.4 is 29.8 Å². The lowest BCUT2D eigenvalue weighted by Crippen LogP contribution is -2.71. The second kappa shape index (κ2) is 32.3. The molecule has 9 aromatic rings. The van der Waals surface area contributed by atoms with Gasteiger partial charge in [-0.05, 0) is 224 Å². The number of carbonyl (C=O) groups excluding carboxylic acids is 2. The van der Waals surface area contributed by atoms with E-state index in [1.165, 1.54) is 51.2 Å². The van der Waals surface area contributed by atoms with Crippen LogP contribution in [-0.4, -0.2) is 222 Å². The van der Waals surface area contributed by atoms with Crippen molar-refractivity contribution in [3.05, 3.63) is 200 Å². The Labute approximate surface area is 716 Å². The summed E-state index contributed by atoms with van der Waals surface area (Å²) in [6.07, 6.45) is 3.44. The number of aromatic nitrogens is 3. The van der Waals surface area contributed by atoms with Crippen molar-refractivity contribution in [3.8, 4) is 18.2 Å². The Morgan fingerprint density at radius 2 is 0.867 bits per heavy atom. The van der Waals surface area contributed by atoms with Crippen LogP contribution in [0.5, 0.6) is 0 Å². The van der Waals surface area contributed by atoms with E-state index in [1.807, 2.05) is 90.1 Å². The fourth-order valence-corrected chi connectivity index (χ4v) is 20.8. The van der Waals surface area contributed by atoms with Gasteiger partial charge in [-0.25, -0.2) is 9.59 Å². The number of hydrogen-bond donors (Lipinski definition) is 1. The van der Waals surface area contributed by atoms with Gasteiger partial charge in [0, 0.05) is 171 Å². The van der Waals surface area contributed by atoms with Crippen LogP contribution >= 0.6 is 15.9 Å². The first-order valence-corrected chi connectivity index (χ1v) is 43.4. The molecular formula is C95H108BrN17O7. The molecule has 6 atom stereocenters. The number of nitrogens with one attached hydrogen (secondary N) is 1. The minimum absolute atomic E-state index is 0.0107. The zero-order chi connectivity index (χ0) is 85.8. The molecule has 21 rings (SSSR count). The van der Waals surface area contributed by atoms with Gasteiger partial charge < -0.3 is 63.3 Å². The van der Waals surface area contributed by atoms with Gasteiger partial charge in [0.2, 0.25) is 0 Å². The lowest BCUT2D eigenvalue weighted by Gasteiger charge is -2.54. The number of amides is 2. The fraction of sp³-hybridized carbons (Fsp3) is 0.474. The van der Waals surface area contributed by atoms with Crippen molar-refractivity contribution in [2.45, 2.75) is 165 Å². The molecule has 14 heterocycles. The molecule has 1 N–H and O–H groups in total. The highest BCUT2D eigenvalue weighted by molar-refractivity contribution is 9.10. The third kappa shape index (κ3) is 15.8. The molecule has 120 heavy (non-hydrogen) atoms. The molecular weight excluding hydrogens is 1570 g/mol.